The van der Waals surface area contributed by atoms with E-state index in [1.165, 1.54) is 37.3 Å². The molecule has 12 heterocycles. The molecule has 18 N–H and O–H groups in total. The van der Waals surface area contributed by atoms with Crippen LogP contribution in [0.4, 0.5) is 23.3 Å². The molecule has 4 aliphatic heterocycles. The Kier molecular flexibility index (Phi) is 18.3. The van der Waals surface area contributed by atoms with Gasteiger partial charge in [0.15, 0.2) is 70.8 Å². The van der Waals surface area contributed by atoms with Gasteiger partial charge in [-0.1, -0.05) is 0 Å². The summed E-state index contributed by atoms with van der Waals surface area (Å²) in [6.07, 6.45) is -20.2. The fraction of sp³-hybridized carbons (Fsp3) is 0.535. The molecule has 4 saturated heterocycles. The number of anilines is 4. The molecule has 0 saturated carbocycles. The fourth-order valence-electron chi connectivity index (χ4n) is 10.5. The number of nitrogens with two attached hydrogens (primary N) is 4. The molecule has 498 valence electrons. The summed E-state index contributed by atoms with van der Waals surface area (Å²) in [7, 11) is -20.0. The lowest BCUT2D eigenvalue weighted by Crippen LogP contribution is -2.37. The average molecular weight is 1380 g/mol. The number of aliphatic hydroxyl groups is 5. The van der Waals surface area contributed by atoms with E-state index in [0.29, 0.717) is 0 Å². The van der Waals surface area contributed by atoms with Gasteiger partial charge in [-0.3, -0.25) is 36.5 Å². The Hall–Kier alpha value is -6.52. The third kappa shape index (κ3) is 13.2. The van der Waals surface area contributed by atoms with Crippen molar-refractivity contribution < 1.29 is 120 Å². The van der Waals surface area contributed by atoms with Gasteiger partial charge in [-0.2, -0.15) is 0 Å². The minimum atomic E-state index is -5.10. The molecule has 0 amide bonds. The highest BCUT2D eigenvalue weighted by Gasteiger charge is 2.52. The van der Waals surface area contributed by atoms with E-state index >= 15 is 0 Å². The van der Waals surface area contributed by atoms with Gasteiger partial charge in [-0.15, -0.1) is 0 Å². The molecule has 19 atom stereocenters. The number of hydrogen-bond donors (Lipinski definition) is 14. The van der Waals surface area contributed by atoms with Crippen LogP contribution in [-0.4, -0.2) is 247 Å². The molecule has 8 aromatic rings. The summed E-state index contributed by atoms with van der Waals surface area (Å²) < 4.78 is 120. The van der Waals surface area contributed by atoms with Gasteiger partial charge in [0.1, 0.15) is 140 Å². The third-order valence-corrected chi connectivity index (χ3v) is 18.5. The SMILES string of the molecule is Nc1ncnc2c1ncn2[C@@H]1O[C@H](COP(=O)(O)CO[C@H]2[C@H](O)[C@@H](COP(=O)(O)CO[C@H]3[C@H](O)[C@@H](COP(=O)(O)CO[C@H]4[C@H](O)[C@@H](COP(=O)(O)O)O[C@H]4n4cnc5c(N)ncnc54)O[C@H]3n3cnc4c(N)ncnc43)O[C@H]2n2cnc3c(N)ncnc32)[C@@H](O)[C@H]1O. The molecule has 4 fully saturated rings. The maximum atomic E-state index is 13.9. The summed E-state index contributed by atoms with van der Waals surface area (Å²) in [6, 6.07) is 0. The van der Waals surface area contributed by atoms with Gasteiger partial charge >= 0.3 is 30.6 Å². The van der Waals surface area contributed by atoms with E-state index in [4.69, 9.17) is 69.7 Å². The topological polar surface area (TPSA) is 651 Å². The van der Waals surface area contributed by atoms with Crippen LogP contribution in [0.25, 0.3) is 44.7 Å². The number of ether oxygens (including phenoxy) is 7. The Morgan fingerprint density at radius 3 is 0.924 bits per heavy atom. The zero-order chi connectivity index (χ0) is 65.3. The zero-order valence-electron chi connectivity index (χ0n) is 46.7. The van der Waals surface area contributed by atoms with Crippen LogP contribution < -0.4 is 22.9 Å². The van der Waals surface area contributed by atoms with Crippen molar-refractivity contribution in [3.05, 3.63) is 50.6 Å². The molecule has 0 bridgehead atoms. The second-order valence-electron chi connectivity index (χ2n) is 20.9. The van der Waals surface area contributed by atoms with Gasteiger partial charge in [-0.25, -0.2) is 64.4 Å². The molecule has 45 nitrogen and oxygen atoms in total. The number of phosphoric ester groups is 1. The van der Waals surface area contributed by atoms with E-state index in [0.717, 1.165) is 31.6 Å². The number of hydrogen-bond acceptors (Lipinski definition) is 36. The minimum absolute atomic E-state index is 0.00586. The van der Waals surface area contributed by atoms with E-state index in [2.05, 4.69) is 64.3 Å². The smallest absolute Gasteiger partial charge is 0.387 e. The predicted molar refractivity (Wildman–Crippen MR) is 299 cm³/mol. The van der Waals surface area contributed by atoms with Gasteiger partial charge < -0.3 is 120 Å². The van der Waals surface area contributed by atoms with Crippen molar-refractivity contribution in [3.8, 4) is 0 Å². The van der Waals surface area contributed by atoms with Crippen molar-refractivity contribution in [3.63, 3.8) is 0 Å². The minimum Gasteiger partial charge on any atom is -0.387 e. The maximum absolute atomic E-state index is 13.9. The second-order valence-corrected chi connectivity index (χ2v) is 27.5. The number of aromatic nitrogens is 16. The summed E-state index contributed by atoms with van der Waals surface area (Å²) in [5, 5.41) is 56.6. The summed E-state index contributed by atoms with van der Waals surface area (Å²) in [5.74, 6) is -0.178. The molecular weight excluding hydrogens is 1320 g/mol. The number of nitrogens with zero attached hydrogens (tertiary/aromatic N) is 16. The first-order chi connectivity index (χ1) is 43.7. The van der Waals surface area contributed by atoms with E-state index in [-0.39, 0.29) is 67.9 Å². The molecule has 92 heavy (non-hydrogen) atoms. The van der Waals surface area contributed by atoms with Crippen LogP contribution in [0.15, 0.2) is 50.6 Å². The van der Waals surface area contributed by atoms with E-state index < -0.39 is 174 Å². The molecule has 49 heteroatoms. The lowest BCUT2D eigenvalue weighted by molar-refractivity contribution is -0.0697. The van der Waals surface area contributed by atoms with Crippen LogP contribution >= 0.6 is 30.6 Å². The van der Waals surface area contributed by atoms with E-state index in [1.54, 1.807) is 0 Å². The molecule has 0 spiro atoms. The number of aliphatic hydroxyl groups excluding tert-OH is 5. The molecule has 0 radical (unpaired) electrons. The van der Waals surface area contributed by atoms with Crippen LogP contribution in [0, 0.1) is 0 Å². The lowest BCUT2D eigenvalue weighted by Gasteiger charge is -2.24. The van der Waals surface area contributed by atoms with Crippen molar-refractivity contribution in [2.45, 2.75) is 98.2 Å². The summed E-state index contributed by atoms with van der Waals surface area (Å²) in [4.78, 5) is 101. The highest BCUT2D eigenvalue weighted by Crippen LogP contribution is 2.50. The molecular formula is C43H56N20O25P4. The number of phosphoric acid groups is 1. The summed E-state index contributed by atoms with van der Waals surface area (Å²) >= 11 is 0. The van der Waals surface area contributed by atoms with Gasteiger partial charge in [0, 0.05) is 0 Å². The van der Waals surface area contributed by atoms with Crippen LogP contribution in [0.2, 0.25) is 0 Å². The summed E-state index contributed by atoms with van der Waals surface area (Å²) in [5.41, 5.74) is 24.5. The highest BCUT2D eigenvalue weighted by molar-refractivity contribution is 7.53. The lowest BCUT2D eigenvalue weighted by atomic mass is 10.1. The second kappa shape index (κ2) is 25.7. The first kappa shape index (κ1) is 65.5. The highest BCUT2D eigenvalue weighted by atomic mass is 31.2. The average Bonchev–Trinajstić information content (AvgIpc) is 1.64. The largest absolute Gasteiger partial charge is 0.469 e. The standard InChI is InChI=1S/C43H56N20O25P4/c44-32-20-36(52-5-48-32)60(9-56-20)40-28(68)24(64)16(85-40)1-81-89(69,70)13-78-29-25(65)17(86-41(29)61-10-57-21-33(45)49-6-53-37(21)61)2-82-90(71,72)14-79-30-26(66)18(87-42(30)62-11-58-22-34(46)50-7-54-38(22)62)3-83-91(73,74)15-80-31-27(67)19(4-84-92(75,76)77)88-43(31)63-12-59-23-35(47)51-8-55-39(23)63/h5-12,16-19,24-31,40-43,64-68H,1-4,13-15H2,(H,69,70)(H,71,72)(H,73,74)(H2,44,48,52)(H2,45,49,53)(H2,46,50,54)(H2,47,51,55)(H2,75,76,77)/t16-,17-,18-,19-,24-,25-,26-,27-,28-,29+,30+,31+,40-,41-,42-,43-/m1/s1. The first-order valence-corrected chi connectivity index (χ1v) is 33.7. The van der Waals surface area contributed by atoms with Crippen molar-refractivity contribution in [2.24, 2.45) is 0 Å². The quantitative estimate of drug-likeness (QED) is 0.0241. The Morgan fingerprint density at radius 2 is 0.630 bits per heavy atom. The maximum Gasteiger partial charge on any atom is 0.469 e. The Labute approximate surface area is 512 Å². The number of rotatable bonds is 25. The van der Waals surface area contributed by atoms with Crippen LogP contribution in [-0.2, 0) is 69.5 Å². The van der Waals surface area contributed by atoms with Crippen molar-refractivity contribution >= 4 is 98.5 Å². The zero-order valence-corrected chi connectivity index (χ0v) is 50.2. The van der Waals surface area contributed by atoms with E-state index in [1.807, 2.05) is 0 Å². The predicted octanol–water partition coefficient (Wildman–Crippen LogP) is -4.19. The van der Waals surface area contributed by atoms with Crippen molar-refractivity contribution in [1.82, 2.24) is 78.1 Å². The normalized spacial score (nSPS) is 30.7. The van der Waals surface area contributed by atoms with Crippen molar-refractivity contribution in [1.29, 1.82) is 0 Å². The molecule has 0 aromatic carbocycles. The Balaban J connectivity index is 0.706. The first-order valence-electron chi connectivity index (χ1n) is 26.8. The fourth-order valence-corrected chi connectivity index (χ4v) is 13.3. The molecule has 8 aromatic heterocycles. The molecule has 3 unspecified atom stereocenters. The number of fused-ring (bicyclic) bond motifs is 4. The van der Waals surface area contributed by atoms with Gasteiger partial charge in [0.05, 0.1) is 51.7 Å². The number of imidazole rings is 4. The number of nitrogen functional groups attached to an aromatic ring is 4. The summed E-state index contributed by atoms with van der Waals surface area (Å²) in [6.45, 7) is -3.51. The monoisotopic (exact) mass is 1380 g/mol. The Morgan fingerprint density at radius 1 is 0.370 bits per heavy atom. The third-order valence-electron chi connectivity index (χ3n) is 14.9. The van der Waals surface area contributed by atoms with Crippen LogP contribution in [0.5, 0.6) is 0 Å². The Bertz CT molecular complexity index is 4210. The molecule has 0 aliphatic carbocycles. The van der Waals surface area contributed by atoms with Gasteiger partial charge in [-0.05, 0) is 0 Å². The van der Waals surface area contributed by atoms with Gasteiger partial charge in [0.2, 0.25) is 0 Å². The van der Waals surface area contributed by atoms with Crippen LogP contribution in [0.3, 0.4) is 0 Å². The molecule has 4 aliphatic rings. The van der Waals surface area contributed by atoms with E-state index in [9.17, 15) is 68.3 Å². The van der Waals surface area contributed by atoms with Gasteiger partial charge in [0.25, 0.3) is 0 Å². The van der Waals surface area contributed by atoms with Crippen LogP contribution in [0.1, 0.15) is 24.9 Å². The molecule has 12 rings (SSSR count). The van der Waals surface area contributed by atoms with Crippen molar-refractivity contribution in [2.75, 3.05) is 68.4 Å².